The van der Waals surface area contributed by atoms with Crippen molar-refractivity contribution in [2.24, 2.45) is 5.92 Å². The number of ether oxygens (including phenoxy) is 1. The van der Waals surface area contributed by atoms with E-state index < -0.39 is 5.78 Å². The van der Waals surface area contributed by atoms with Crippen LogP contribution in [0.25, 0.3) is 6.08 Å². The van der Waals surface area contributed by atoms with Crippen LogP contribution in [0.15, 0.2) is 48.6 Å². The molecule has 1 rings (SSSR count). The van der Waals surface area contributed by atoms with Crippen molar-refractivity contribution in [2.75, 3.05) is 7.11 Å². The Morgan fingerprint density at radius 1 is 1.21 bits per heavy atom. The third-order valence-corrected chi connectivity index (χ3v) is 4.63. The fourth-order valence-electron chi connectivity index (χ4n) is 2.74. The molecule has 154 valence electrons. The number of nitrogens with one attached hydrogen (secondary N) is 2. The van der Waals surface area contributed by atoms with Gasteiger partial charge in [0.15, 0.2) is 5.78 Å². The van der Waals surface area contributed by atoms with E-state index in [4.69, 9.17) is 15.6 Å². The van der Waals surface area contributed by atoms with Gasteiger partial charge in [0.1, 0.15) is 5.75 Å². The number of benzene rings is 1. The molecule has 1 aromatic carbocycles. The summed E-state index contributed by atoms with van der Waals surface area (Å²) < 4.78 is 5.19. The Balaban J connectivity index is 2.74. The van der Waals surface area contributed by atoms with E-state index >= 15 is 0 Å². The van der Waals surface area contributed by atoms with Crippen LogP contribution in [-0.2, 0) is 4.79 Å². The quantitative estimate of drug-likeness (QED) is 0.280. The van der Waals surface area contributed by atoms with E-state index in [1.54, 1.807) is 31.2 Å². The summed E-state index contributed by atoms with van der Waals surface area (Å²) in [5.41, 5.74) is 2.74. The lowest BCUT2D eigenvalue weighted by Gasteiger charge is -2.10. The number of ketones is 2. The van der Waals surface area contributed by atoms with Crippen molar-refractivity contribution in [1.82, 2.24) is 0 Å². The maximum absolute atomic E-state index is 12.4. The smallest absolute Gasteiger partial charge is 0.209 e. The first kappa shape index (κ1) is 24.0. The molecule has 0 radical (unpaired) electrons. The Morgan fingerprint density at radius 3 is 2.41 bits per heavy atom. The van der Waals surface area contributed by atoms with Crippen LogP contribution in [0.4, 0.5) is 0 Å². The Bertz CT molecular complexity index is 878. The minimum Gasteiger partial charge on any atom is -0.496 e. The third kappa shape index (κ3) is 7.11. The van der Waals surface area contributed by atoms with E-state index in [9.17, 15) is 9.59 Å². The molecule has 0 bridgehead atoms. The number of methoxy groups -OCH3 is 1. The van der Waals surface area contributed by atoms with Gasteiger partial charge in [-0.2, -0.15) is 0 Å². The molecule has 1 atom stereocenters. The second-order valence-corrected chi connectivity index (χ2v) is 7.20. The summed E-state index contributed by atoms with van der Waals surface area (Å²) in [5.74, 6) is -0.157. The summed E-state index contributed by atoms with van der Waals surface area (Å²) in [6, 6.07) is 5.04. The minimum atomic E-state index is -0.405. The van der Waals surface area contributed by atoms with Crippen LogP contribution < -0.4 is 4.74 Å². The number of hydrogen-bond donors (Lipinski definition) is 2. The fraction of sp³-hybridized carbons (Fsp3) is 0.333. The molecule has 5 nitrogen and oxygen atoms in total. The van der Waals surface area contributed by atoms with Crippen molar-refractivity contribution in [2.45, 2.75) is 40.0 Å². The van der Waals surface area contributed by atoms with Crippen molar-refractivity contribution in [3.8, 4) is 5.75 Å². The zero-order valence-electron chi connectivity index (χ0n) is 17.7. The molecule has 0 aliphatic carbocycles. The van der Waals surface area contributed by atoms with Crippen molar-refractivity contribution >= 4 is 29.1 Å². The van der Waals surface area contributed by atoms with Gasteiger partial charge in [0.05, 0.1) is 24.1 Å². The van der Waals surface area contributed by atoms with Crippen molar-refractivity contribution in [1.29, 1.82) is 10.8 Å². The molecular weight excluding hydrogens is 364 g/mol. The zero-order chi connectivity index (χ0) is 22.1. The molecule has 0 fully saturated rings. The van der Waals surface area contributed by atoms with Crippen LogP contribution >= 0.6 is 0 Å². The van der Waals surface area contributed by atoms with E-state index in [1.165, 1.54) is 20.1 Å². The predicted molar refractivity (Wildman–Crippen MR) is 119 cm³/mol. The number of allylic oxidation sites excluding steroid dienone is 3. The van der Waals surface area contributed by atoms with Crippen molar-refractivity contribution < 1.29 is 14.3 Å². The molecule has 0 aliphatic heterocycles. The summed E-state index contributed by atoms with van der Waals surface area (Å²) in [4.78, 5) is 24.6. The van der Waals surface area contributed by atoms with E-state index in [0.29, 0.717) is 41.0 Å². The molecule has 0 spiro atoms. The Hall–Kier alpha value is -3.08. The van der Waals surface area contributed by atoms with E-state index in [-0.39, 0.29) is 17.4 Å². The summed E-state index contributed by atoms with van der Waals surface area (Å²) in [6.07, 6.45) is 5.33. The van der Waals surface area contributed by atoms with Crippen molar-refractivity contribution in [3.63, 3.8) is 0 Å². The van der Waals surface area contributed by atoms with Crippen LogP contribution in [0.5, 0.6) is 5.75 Å². The largest absolute Gasteiger partial charge is 0.496 e. The topological polar surface area (TPSA) is 91.1 Å². The summed E-state index contributed by atoms with van der Waals surface area (Å²) in [7, 11) is 1.47. The van der Waals surface area contributed by atoms with Gasteiger partial charge >= 0.3 is 0 Å². The number of Topliss-reactive ketones (excluding diaryl/α,β-unsaturated/α-hetero) is 1. The van der Waals surface area contributed by atoms with Gasteiger partial charge in [-0.05, 0) is 68.0 Å². The normalized spacial score (nSPS) is 11.7. The molecule has 0 saturated carbocycles. The lowest BCUT2D eigenvalue weighted by atomic mass is 9.95. The van der Waals surface area contributed by atoms with E-state index in [2.05, 4.69) is 13.2 Å². The summed E-state index contributed by atoms with van der Waals surface area (Å²) in [5, 5.41) is 15.4. The first-order chi connectivity index (χ1) is 13.6. The molecule has 1 aromatic rings. The average molecular weight is 395 g/mol. The maximum atomic E-state index is 12.4. The summed E-state index contributed by atoms with van der Waals surface area (Å²) in [6.45, 7) is 12.7. The fourth-order valence-corrected chi connectivity index (χ4v) is 2.74. The molecule has 29 heavy (non-hydrogen) atoms. The molecule has 0 heterocycles. The van der Waals surface area contributed by atoms with Crippen LogP contribution in [0, 0.1) is 16.7 Å². The predicted octanol–water partition coefficient (Wildman–Crippen LogP) is 5.46. The molecule has 0 amide bonds. The van der Waals surface area contributed by atoms with Gasteiger partial charge in [0.2, 0.25) is 5.78 Å². The molecule has 0 saturated heterocycles. The Kier molecular flexibility index (Phi) is 9.13. The standard InChI is InChI=1S/C24H30N2O3/c1-15(2)23(26)17(4)9-7-8-16(3)21(27)12-10-19-11-13-22(29-6)20(14-19)24(28)18(5)25/h10-14,16,25-26H,1,4,7-9H2,2-3,5-6H3. The highest BCUT2D eigenvalue weighted by molar-refractivity contribution is 6.44. The molecule has 1 unspecified atom stereocenters. The van der Waals surface area contributed by atoms with Gasteiger partial charge in [-0.3, -0.25) is 9.59 Å². The second-order valence-electron chi connectivity index (χ2n) is 7.20. The van der Waals surface area contributed by atoms with Crippen LogP contribution in [0.3, 0.4) is 0 Å². The average Bonchev–Trinajstić information content (AvgIpc) is 2.69. The molecule has 0 aliphatic rings. The highest BCUT2D eigenvalue weighted by Crippen LogP contribution is 2.22. The van der Waals surface area contributed by atoms with E-state index in [0.717, 1.165) is 12.0 Å². The second kappa shape index (κ2) is 11.1. The highest BCUT2D eigenvalue weighted by atomic mass is 16.5. The lowest BCUT2D eigenvalue weighted by Crippen LogP contribution is -2.11. The van der Waals surface area contributed by atoms with Gasteiger partial charge < -0.3 is 15.6 Å². The summed E-state index contributed by atoms with van der Waals surface area (Å²) >= 11 is 0. The molecule has 0 aromatic heterocycles. The maximum Gasteiger partial charge on any atom is 0.209 e. The van der Waals surface area contributed by atoms with Crippen molar-refractivity contribution in [3.05, 3.63) is 59.7 Å². The Morgan fingerprint density at radius 2 is 1.86 bits per heavy atom. The zero-order valence-corrected chi connectivity index (χ0v) is 17.7. The van der Waals surface area contributed by atoms with Gasteiger partial charge in [-0.25, -0.2) is 0 Å². The number of carbonyl (C=O) groups is 2. The van der Waals surface area contributed by atoms with Crippen LogP contribution in [-0.4, -0.2) is 30.1 Å². The monoisotopic (exact) mass is 394 g/mol. The number of hydrogen-bond acceptors (Lipinski definition) is 5. The number of rotatable bonds is 12. The van der Waals surface area contributed by atoms with Gasteiger partial charge in [-0.15, -0.1) is 0 Å². The minimum absolute atomic E-state index is 0.00230. The first-order valence-electron chi connectivity index (χ1n) is 9.50. The van der Waals surface area contributed by atoms with Gasteiger partial charge in [0, 0.05) is 5.92 Å². The van der Waals surface area contributed by atoms with Gasteiger partial charge in [0.25, 0.3) is 0 Å². The highest BCUT2D eigenvalue weighted by Gasteiger charge is 2.15. The molecular formula is C24H30N2O3. The number of carbonyl (C=O) groups excluding carboxylic acids is 2. The van der Waals surface area contributed by atoms with Gasteiger partial charge in [-0.1, -0.05) is 32.2 Å². The Labute approximate surface area is 173 Å². The SMILES string of the molecule is C=C(C)C(=N)C(=C)CCCC(C)C(=O)C=Cc1ccc(OC)c(C(=O)C(C)=N)c1. The third-order valence-electron chi connectivity index (χ3n) is 4.63. The van der Waals surface area contributed by atoms with Crippen LogP contribution in [0.2, 0.25) is 0 Å². The molecule has 5 heteroatoms. The lowest BCUT2D eigenvalue weighted by molar-refractivity contribution is -0.117. The molecule has 2 N–H and O–H groups in total. The first-order valence-corrected chi connectivity index (χ1v) is 9.50. The van der Waals surface area contributed by atoms with Crippen LogP contribution in [0.1, 0.15) is 56.0 Å². The van der Waals surface area contributed by atoms with E-state index in [1.807, 2.05) is 6.92 Å².